The Morgan fingerprint density at radius 2 is 2.25 bits per heavy atom. The molecule has 0 unspecified atom stereocenters. The predicted octanol–water partition coefficient (Wildman–Crippen LogP) is 1.32. The van der Waals surface area contributed by atoms with Gasteiger partial charge in [0.2, 0.25) is 0 Å². The van der Waals surface area contributed by atoms with E-state index in [2.05, 4.69) is 13.8 Å². The number of carbonyl (C=O) groups is 1. The van der Waals surface area contributed by atoms with Gasteiger partial charge in [-0.2, -0.15) is 0 Å². The number of hydrogen-bond donors (Lipinski definition) is 1. The van der Waals surface area contributed by atoms with Crippen LogP contribution < -0.4 is 0 Å². The molecule has 0 spiro atoms. The van der Waals surface area contributed by atoms with E-state index < -0.39 is 5.97 Å². The Kier molecular flexibility index (Phi) is 2.40. The topological polar surface area (TPSA) is 40.5 Å². The molecule has 3 heteroatoms. The Morgan fingerprint density at radius 1 is 1.58 bits per heavy atom. The Labute approximate surface area is 72.7 Å². The quantitative estimate of drug-likeness (QED) is 0.634. The molecule has 0 saturated carbocycles. The fourth-order valence-electron chi connectivity index (χ4n) is 1.45. The van der Waals surface area contributed by atoms with Crippen LogP contribution in [0.1, 0.15) is 20.3 Å². The summed E-state index contributed by atoms with van der Waals surface area (Å²) < 4.78 is 0. The maximum Gasteiger partial charge on any atom is 0.329 e. The van der Waals surface area contributed by atoms with Crippen LogP contribution in [0.4, 0.5) is 0 Å². The van der Waals surface area contributed by atoms with Crippen molar-refractivity contribution in [1.82, 2.24) is 4.90 Å². The molecule has 1 aliphatic heterocycles. The summed E-state index contributed by atoms with van der Waals surface area (Å²) in [6, 6.07) is 0. The van der Waals surface area contributed by atoms with E-state index in [0.29, 0.717) is 5.41 Å². The Balaban J connectivity index is 2.43. The highest BCUT2D eigenvalue weighted by molar-refractivity contribution is 5.79. The van der Waals surface area contributed by atoms with Gasteiger partial charge in [0.1, 0.15) is 0 Å². The molecule has 0 aliphatic carbocycles. The summed E-state index contributed by atoms with van der Waals surface area (Å²) in [4.78, 5) is 12.3. The minimum absolute atomic E-state index is 0.336. The van der Waals surface area contributed by atoms with Crippen molar-refractivity contribution in [2.75, 3.05) is 13.1 Å². The minimum Gasteiger partial charge on any atom is -0.478 e. The number of rotatable bonds is 2. The molecule has 0 atom stereocenters. The lowest BCUT2D eigenvalue weighted by Gasteiger charge is -2.17. The van der Waals surface area contributed by atoms with Crippen LogP contribution in [-0.2, 0) is 4.79 Å². The number of carboxylic acid groups (broad SMARTS) is 1. The van der Waals surface area contributed by atoms with E-state index in [9.17, 15) is 4.79 Å². The summed E-state index contributed by atoms with van der Waals surface area (Å²) >= 11 is 0. The molecule has 1 saturated heterocycles. The van der Waals surface area contributed by atoms with Gasteiger partial charge in [-0.15, -0.1) is 0 Å². The van der Waals surface area contributed by atoms with Crippen LogP contribution in [0.15, 0.2) is 12.3 Å². The molecule has 1 N–H and O–H groups in total. The molecule has 1 aliphatic rings. The van der Waals surface area contributed by atoms with Crippen molar-refractivity contribution in [3.63, 3.8) is 0 Å². The second-order valence-corrected chi connectivity index (χ2v) is 4.04. The number of carboxylic acids is 1. The molecule has 0 aromatic heterocycles. The van der Waals surface area contributed by atoms with Gasteiger partial charge >= 0.3 is 5.97 Å². The molecular weight excluding hydrogens is 154 g/mol. The Bertz CT molecular complexity index is 209. The summed E-state index contributed by atoms with van der Waals surface area (Å²) in [6.45, 7) is 6.32. The number of nitrogens with zero attached hydrogens (tertiary/aromatic N) is 1. The Morgan fingerprint density at radius 3 is 2.67 bits per heavy atom. The lowest BCUT2D eigenvalue weighted by atomic mass is 9.93. The van der Waals surface area contributed by atoms with Crippen LogP contribution in [0.2, 0.25) is 0 Å². The van der Waals surface area contributed by atoms with Gasteiger partial charge in [0.25, 0.3) is 0 Å². The molecule has 1 fully saturated rings. The zero-order chi connectivity index (χ0) is 9.19. The number of aliphatic carboxylic acids is 1. The maximum absolute atomic E-state index is 10.2. The largest absolute Gasteiger partial charge is 0.478 e. The third-order valence-electron chi connectivity index (χ3n) is 2.13. The summed E-state index contributed by atoms with van der Waals surface area (Å²) in [5, 5.41) is 8.39. The predicted molar refractivity (Wildman–Crippen MR) is 46.7 cm³/mol. The fourth-order valence-corrected chi connectivity index (χ4v) is 1.45. The van der Waals surface area contributed by atoms with Crippen molar-refractivity contribution in [3.8, 4) is 0 Å². The van der Waals surface area contributed by atoms with Crippen LogP contribution in [0.3, 0.4) is 0 Å². The van der Waals surface area contributed by atoms with Crippen molar-refractivity contribution in [1.29, 1.82) is 0 Å². The van der Waals surface area contributed by atoms with Gasteiger partial charge in [0.05, 0.1) is 0 Å². The summed E-state index contributed by atoms with van der Waals surface area (Å²) in [6.07, 6.45) is 4.00. The van der Waals surface area contributed by atoms with E-state index in [1.54, 1.807) is 6.20 Å². The molecule has 0 aromatic carbocycles. The van der Waals surface area contributed by atoms with Crippen LogP contribution in [0.5, 0.6) is 0 Å². The maximum atomic E-state index is 10.2. The molecule has 12 heavy (non-hydrogen) atoms. The lowest BCUT2D eigenvalue weighted by Crippen LogP contribution is -2.18. The van der Waals surface area contributed by atoms with Gasteiger partial charge in [-0.05, 0) is 11.8 Å². The fraction of sp³-hybridized carbons (Fsp3) is 0.667. The summed E-state index contributed by atoms with van der Waals surface area (Å²) in [7, 11) is 0. The molecule has 0 amide bonds. The van der Waals surface area contributed by atoms with Crippen molar-refractivity contribution >= 4 is 5.97 Å². The van der Waals surface area contributed by atoms with Gasteiger partial charge < -0.3 is 10.0 Å². The number of likely N-dealkylation sites (tertiary alicyclic amines) is 1. The highest BCUT2D eigenvalue weighted by atomic mass is 16.4. The molecule has 1 heterocycles. The average Bonchev–Trinajstić information content (AvgIpc) is 2.26. The molecular formula is C9H15NO2. The van der Waals surface area contributed by atoms with Gasteiger partial charge in [-0.3, -0.25) is 0 Å². The second-order valence-electron chi connectivity index (χ2n) is 4.04. The first-order valence-electron chi connectivity index (χ1n) is 4.15. The van der Waals surface area contributed by atoms with Gasteiger partial charge in [-0.1, -0.05) is 13.8 Å². The van der Waals surface area contributed by atoms with Crippen molar-refractivity contribution in [2.45, 2.75) is 20.3 Å². The summed E-state index contributed by atoms with van der Waals surface area (Å²) in [5.41, 5.74) is 0.336. The van der Waals surface area contributed by atoms with Crippen LogP contribution in [0, 0.1) is 5.41 Å². The van der Waals surface area contributed by atoms with Crippen molar-refractivity contribution in [2.24, 2.45) is 5.41 Å². The van der Waals surface area contributed by atoms with E-state index in [-0.39, 0.29) is 0 Å². The van der Waals surface area contributed by atoms with E-state index in [1.165, 1.54) is 6.08 Å². The minimum atomic E-state index is -0.875. The summed E-state index contributed by atoms with van der Waals surface area (Å²) in [5.74, 6) is -0.875. The first-order valence-corrected chi connectivity index (χ1v) is 4.15. The van der Waals surface area contributed by atoms with Crippen LogP contribution in [-0.4, -0.2) is 29.1 Å². The van der Waals surface area contributed by atoms with Crippen LogP contribution in [0.25, 0.3) is 0 Å². The van der Waals surface area contributed by atoms with Crippen LogP contribution >= 0.6 is 0 Å². The van der Waals surface area contributed by atoms with Crippen molar-refractivity contribution < 1.29 is 9.90 Å². The normalized spacial score (nSPS) is 22.0. The molecule has 0 aromatic rings. The van der Waals surface area contributed by atoms with Gasteiger partial charge in [-0.25, -0.2) is 4.79 Å². The first-order chi connectivity index (χ1) is 5.49. The van der Waals surface area contributed by atoms with E-state index >= 15 is 0 Å². The lowest BCUT2D eigenvalue weighted by molar-refractivity contribution is -0.131. The first kappa shape index (κ1) is 9.10. The van der Waals surface area contributed by atoms with E-state index in [1.807, 2.05) is 4.90 Å². The second kappa shape index (κ2) is 3.17. The van der Waals surface area contributed by atoms with Crippen molar-refractivity contribution in [3.05, 3.63) is 12.3 Å². The molecule has 68 valence electrons. The molecule has 0 bridgehead atoms. The van der Waals surface area contributed by atoms with Gasteiger partial charge in [0, 0.05) is 25.4 Å². The average molecular weight is 169 g/mol. The SMILES string of the molecule is CC1(C)CCN(C=CC(=O)O)C1. The number of hydrogen-bond acceptors (Lipinski definition) is 2. The molecule has 0 radical (unpaired) electrons. The third kappa shape index (κ3) is 2.57. The molecule has 1 rings (SSSR count). The van der Waals surface area contributed by atoms with E-state index in [0.717, 1.165) is 19.5 Å². The third-order valence-corrected chi connectivity index (χ3v) is 2.13. The zero-order valence-corrected chi connectivity index (χ0v) is 7.58. The standard InChI is InChI=1S/C9H15NO2/c1-9(2)4-6-10(7-9)5-3-8(11)12/h3,5H,4,6-7H2,1-2H3,(H,11,12). The monoisotopic (exact) mass is 169 g/mol. The highest BCUT2D eigenvalue weighted by Crippen LogP contribution is 2.28. The van der Waals surface area contributed by atoms with Gasteiger partial charge in [0.15, 0.2) is 0 Å². The zero-order valence-electron chi connectivity index (χ0n) is 7.58. The highest BCUT2D eigenvalue weighted by Gasteiger charge is 2.27. The molecule has 3 nitrogen and oxygen atoms in total. The smallest absolute Gasteiger partial charge is 0.329 e. The Hall–Kier alpha value is -0.990. The van der Waals surface area contributed by atoms with E-state index in [4.69, 9.17) is 5.11 Å².